The lowest BCUT2D eigenvalue weighted by molar-refractivity contribution is 0.0509. The molecule has 0 atom stereocenters. The molecule has 1 rings (SSSR count). The molecule has 0 amide bonds. The van der Waals surface area contributed by atoms with Gasteiger partial charge in [-0.2, -0.15) is 0 Å². The summed E-state index contributed by atoms with van der Waals surface area (Å²) in [7, 11) is 0. The van der Waals surface area contributed by atoms with E-state index in [2.05, 4.69) is 6.58 Å². The fourth-order valence-corrected chi connectivity index (χ4v) is 1.68. The number of benzene rings is 1. The molecule has 1 aromatic carbocycles. The summed E-state index contributed by atoms with van der Waals surface area (Å²) in [6, 6.07) is 1.19. The van der Waals surface area contributed by atoms with Gasteiger partial charge in [-0.05, 0) is 13.8 Å². The number of hydrogen-bond acceptors (Lipinski definition) is 5. The quantitative estimate of drug-likeness (QED) is 0.612. The number of ether oxygens (including phenoxy) is 2. The van der Waals surface area contributed by atoms with Gasteiger partial charge in [-0.15, -0.1) is 0 Å². The van der Waals surface area contributed by atoms with Crippen LogP contribution in [-0.4, -0.2) is 35.4 Å². The van der Waals surface area contributed by atoms with Gasteiger partial charge in [0.15, 0.2) is 0 Å². The van der Waals surface area contributed by atoms with Crippen LogP contribution >= 0.6 is 0 Å². The van der Waals surface area contributed by atoms with Gasteiger partial charge in [0.25, 0.3) is 0 Å². The van der Waals surface area contributed by atoms with Crippen LogP contribution in [0.15, 0.2) is 18.7 Å². The number of carboxylic acids is 1. The molecule has 0 aliphatic carbocycles. The predicted molar refractivity (Wildman–Crippen MR) is 71.5 cm³/mol. The van der Waals surface area contributed by atoms with Gasteiger partial charge in [0, 0.05) is 11.6 Å². The van der Waals surface area contributed by atoms with Gasteiger partial charge in [-0.1, -0.05) is 12.7 Å². The molecule has 0 fully saturated rings. The Morgan fingerprint density at radius 1 is 1.40 bits per heavy atom. The largest absolute Gasteiger partial charge is 0.508 e. The minimum Gasteiger partial charge on any atom is -0.508 e. The lowest BCUT2D eigenvalue weighted by Gasteiger charge is -2.15. The summed E-state index contributed by atoms with van der Waals surface area (Å²) in [6.45, 7) is 6.63. The maximum atomic E-state index is 11.9. The number of aromatic carboxylic acids is 1. The Labute approximate surface area is 116 Å². The maximum absolute atomic E-state index is 11.9. The van der Waals surface area contributed by atoms with Crippen molar-refractivity contribution in [3.05, 3.63) is 35.4 Å². The zero-order valence-electron chi connectivity index (χ0n) is 11.3. The number of phenols is 1. The summed E-state index contributed by atoms with van der Waals surface area (Å²) in [5, 5.41) is 19.0. The Bertz CT molecular complexity index is 547. The first-order chi connectivity index (χ1) is 9.43. The number of phenolic OH excluding ortho intramolecular Hbond substituents is 1. The van der Waals surface area contributed by atoms with Crippen molar-refractivity contribution >= 4 is 11.9 Å². The minimum absolute atomic E-state index is 0.0520. The van der Waals surface area contributed by atoms with Crippen molar-refractivity contribution in [3.63, 3.8) is 0 Å². The average Bonchev–Trinajstić information content (AvgIpc) is 2.39. The highest BCUT2D eigenvalue weighted by Crippen LogP contribution is 2.33. The Hall–Kier alpha value is -2.50. The van der Waals surface area contributed by atoms with Crippen LogP contribution in [0, 0.1) is 6.92 Å². The number of carbonyl (C=O) groups excluding carboxylic acids is 1. The summed E-state index contributed by atoms with van der Waals surface area (Å²) in [6.07, 6.45) is 1.44. The molecule has 0 radical (unpaired) electrons. The summed E-state index contributed by atoms with van der Waals surface area (Å²) >= 11 is 0. The van der Waals surface area contributed by atoms with Crippen LogP contribution in [0.5, 0.6) is 11.5 Å². The van der Waals surface area contributed by atoms with Gasteiger partial charge >= 0.3 is 11.9 Å². The molecule has 0 unspecified atom stereocenters. The molecule has 0 aliphatic rings. The molecule has 0 aliphatic heterocycles. The molecule has 0 spiro atoms. The summed E-state index contributed by atoms with van der Waals surface area (Å²) < 4.78 is 10.1. The van der Waals surface area contributed by atoms with Crippen LogP contribution in [-0.2, 0) is 4.74 Å². The molecule has 108 valence electrons. The highest BCUT2D eigenvalue weighted by Gasteiger charge is 2.27. The van der Waals surface area contributed by atoms with E-state index >= 15 is 0 Å². The Kier molecular flexibility index (Phi) is 5.14. The minimum atomic E-state index is -1.34. The van der Waals surface area contributed by atoms with Crippen molar-refractivity contribution in [2.45, 2.75) is 13.8 Å². The van der Waals surface area contributed by atoms with E-state index in [-0.39, 0.29) is 41.4 Å². The van der Waals surface area contributed by atoms with Crippen LogP contribution in [0.4, 0.5) is 0 Å². The fraction of sp³-hybridized carbons (Fsp3) is 0.286. The third-order valence-electron chi connectivity index (χ3n) is 2.57. The zero-order valence-corrected chi connectivity index (χ0v) is 11.3. The first-order valence-electron chi connectivity index (χ1n) is 5.94. The van der Waals surface area contributed by atoms with Gasteiger partial charge < -0.3 is 19.7 Å². The zero-order chi connectivity index (χ0) is 15.3. The molecule has 6 heteroatoms. The van der Waals surface area contributed by atoms with E-state index in [1.165, 1.54) is 19.1 Å². The molecule has 0 aromatic heterocycles. The molecule has 0 saturated heterocycles. The second kappa shape index (κ2) is 6.60. The van der Waals surface area contributed by atoms with Crippen LogP contribution in [0.3, 0.4) is 0 Å². The normalized spacial score (nSPS) is 9.90. The molecular formula is C14H16O6. The standard InChI is InChI=1S/C14H16O6/c1-4-6-20-10-7-9(15)8(3)11(13(16)17)12(10)14(18)19-5-2/h4,7,15H,1,5-6H2,2-3H3,(H,16,17). The Balaban J connectivity index is 3.53. The van der Waals surface area contributed by atoms with Gasteiger partial charge in [-0.3, -0.25) is 0 Å². The monoisotopic (exact) mass is 280 g/mol. The van der Waals surface area contributed by atoms with Crippen LogP contribution < -0.4 is 4.74 Å². The highest BCUT2D eigenvalue weighted by molar-refractivity contribution is 6.06. The molecule has 2 N–H and O–H groups in total. The van der Waals surface area contributed by atoms with Crippen LogP contribution in [0.2, 0.25) is 0 Å². The Morgan fingerprint density at radius 3 is 2.55 bits per heavy atom. The van der Waals surface area contributed by atoms with Crippen LogP contribution in [0.25, 0.3) is 0 Å². The summed E-state index contributed by atoms with van der Waals surface area (Å²) in [5.41, 5.74) is -0.467. The summed E-state index contributed by atoms with van der Waals surface area (Å²) in [5.74, 6) is -2.48. The third kappa shape index (κ3) is 3.09. The van der Waals surface area contributed by atoms with E-state index in [4.69, 9.17) is 9.47 Å². The van der Waals surface area contributed by atoms with E-state index in [0.29, 0.717) is 0 Å². The smallest absolute Gasteiger partial charge is 0.342 e. The second-order valence-corrected chi connectivity index (χ2v) is 3.89. The molecule has 0 bridgehead atoms. The first-order valence-corrected chi connectivity index (χ1v) is 5.94. The molecular weight excluding hydrogens is 264 g/mol. The van der Waals surface area contributed by atoms with Crippen molar-refractivity contribution in [2.75, 3.05) is 13.2 Å². The number of carboxylic acid groups (broad SMARTS) is 1. The van der Waals surface area contributed by atoms with E-state index in [1.807, 2.05) is 0 Å². The third-order valence-corrected chi connectivity index (χ3v) is 2.57. The molecule has 20 heavy (non-hydrogen) atoms. The van der Waals surface area contributed by atoms with Gasteiger partial charge in [0.2, 0.25) is 0 Å². The van der Waals surface area contributed by atoms with Crippen molar-refractivity contribution in [3.8, 4) is 11.5 Å². The predicted octanol–water partition coefficient (Wildman–Crippen LogP) is 2.14. The van der Waals surface area contributed by atoms with Crippen molar-refractivity contribution in [1.29, 1.82) is 0 Å². The SMILES string of the molecule is C=CCOc1cc(O)c(C)c(C(=O)O)c1C(=O)OCC. The molecule has 6 nitrogen and oxygen atoms in total. The number of esters is 1. The Morgan fingerprint density at radius 2 is 2.05 bits per heavy atom. The topological polar surface area (TPSA) is 93.1 Å². The molecule has 0 saturated carbocycles. The van der Waals surface area contributed by atoms with Crippen molar-refractivity contribution in [2.24, 2.45) is 0 Å². The van der Waals surface area contributed by atoms with Crippen LogP contribution in [0.1, 0.15) is 33.2 Å². The van der Waals surface area contributed by atoms with Gasteiger partial charge in [0.1, 0.15) is 23.7 Å². The number of carbonyl (C=O) groups is 2. The number of rotatable bonds is 6. The van der Waals surface area contributed by atoms with Crippen molar-refractivity contribution < 1.29 is 29.3 Å². The number of hydrogen-bond donors (Lipinski definition) is 2. The van der Waals surface area contributed by atoms with E-state index in [1.54, 1.807) is 6.92 Å². The van der Waals surface area contributed by atoms with Gasteiger partial charge in [0.05, 0.1) is 12.2 Å². The summed E-state index contributed by atoms with van der Waals surface area (Å²) in [4.78, 5) is 23.3. The lowest BCUT2D eigenvalue weighted by Crippen LogP contribution is -2.15. The van der Waals surface area contributed by atoms with Crippen molar-refractivity contribution in [1.82, 2.24) is 0 Å². The van der Waals surface area contributed by atoms with E-state index in [9.17, 15) is 19.8 Å². The lowest BCUT2D eigenvalue weighted by atomic mass is 9.99. The van der Waals surface area contributed by atoms with E-state index in [0.717, 1.165) is 0 Å². The van der Waals surface area contributed by atoms with Gasteiger partial charge in [-0.25, -0.2) is 9.59 Å². The maximum Gasteiger partial charge on any atom is 0.342 e. The molecule has 1 aromatic rings. The highest BCUT2D eigenvalue weighted by atomic mass is 16.5. The second-order valence-electron chi connectivity index (χ2n) is 3.89. The number of aromatic hydroxyl groups is 1. The van der Waals surface area contributed by atoms with E-state index < -0.39 is 11.9 Å². The molecule has 0 heterocycles. The average molecular weight is 280 g/mol. The first kappa shape index (κ1) is 15.6. The fourth-order valence-electron chi connectivity index (χ4n) is 1.68.